The third-order valence-corrected chi connectivity index (χ3v) is 7.43. The molecule has 0 unspecified atom stereocenters. The number of carbonyl (C=O) groups is 2. The maximum Gasteiger partial charge on any atom is 0.389 e. The van der Waals surface area contributed by atoms with Gasteiger partial charge in [-0.25, -0.2) is 9.37 Å². The summed E-state index contributed by atoms with van der Waals surface area (Å²) in [5.41, 5.74) is 1.47. The Balaban J connectivity index is 1.67. The van der Waals surface area contributed by atoms with Crippen molar-refractivity contribution in [3.8, 4) is 28.2 Å². The van der Waals surface area contributed by atoms with Crippen LogP contribution < -0.4 is 15.4 Å². The number of furan rings is 1. The number of methoxy groups -OCH3 is 1. The Kier molecular flexibility index (Phi) is 7.94. The summed E-state index contributed by atoms with van der Waals surface area (Å²) in [5.74, 6) is -0.445. The molecular formula is C31H29F4N3O4. The van der Waals surface area contributed by atoms with Crippen molar-refractivity contribution in [3.63, 3.8) is 0 Å². The van der Waals surface area contributed by atoms with Crippen molar-refractivity contribution in [1.82, 2.24) is 15.6 Å². The van der Waals surface area contributed by atoms with Crippen molar-refractivity contribution in [3.05, 3.63) is 71.2 Å². The molecule has 1 aliphatic rings. The lowest BCUT2D eigenvalue weighted by Crippen LogP contribution is -2.43. The Bertz CT molecular complexity index is 1640. The second kappa shape index (κ2) is 11.5. The van der Waals surface area contributed by atoms with Crippen LogP contribution >= 0.6 is 0 Å². The van der Waals surface area contributed by atoms with Gasteiger partial charge in [0.1, 0.15) is 17.3 Å². The highest BCUT2D eigenvalue weighted by atomic mass is 19.4. The van der Waals surface area contributed by atoms with E-state index in [0.29, 0.717) is 28.4 Å². The summed E-state index contributed by atoms with van der Waals surface area (Å²) >= 11 is 0. The molecule has 4 aromatic rings. The molecule has 5 rings (SSSR count). The van der Waals surface area contributed by atoms with Crippen LogP contribution in [0.4, 0.5) is 17.6 Å². The summed E-state index contributed by atoms with van der Waals surface area (Å²) in [6, 6.07) is 11.6. The van der Waals surface area contributed by atoms with Crippen molar-refractivity contribution < 1.29 is 36.3 Å². The van der Waals surface area contributed by atoms with Gasteiger partial charge in [0.2, 0.25) is 5.71 Å². The Morgan fingerprint density at radius 1 is 1.05 bits per heavy atom. The molecule has 2 N–H and O–H groups in total. The number of rotatable bonds is 8. The van der Waals surface area contributed by atoms with Gasteiger partial charge < -0.3 is 19.8 Å². The molecule has 0 saturated heterocycles. The van der Waals surface area contributed by atoms with E-state index in [1.807, 2.05) is 0 Å². The molecule has 7 nitrogen and oxygen atoms in total. The number of ether oxygens (including phenoxy) is 1. The van der Waals surface area contributed by atoms with Crippen molar-refractivity contribution in [2.24, 2.45) is 5.92 Å². The number of fused-ring (bicyclic) bond motifs is 1. The zero-order valence-corrected chi connectivity index (χ0v) is 23.2. The van der Waals surface area contributed by atoms with E-state index < -0.39 is 30.7 Å². The summed E-state index contributed by atoms with van der Waals surface area (Å²) in [7, 11) is 2.86. The van der Waals surface area contributed by atoms with Gasteiger partial charge in [-0.15, -0.1) is 0 Å². The molecule has 2 heterocycles. The molecule has 0 radical (unpaired) electrons. The standard InChI is InChI=1S/C31H29F4N3O4/c1-16-12-20(13-16)37-28(39)22-14-18(6-9-25(22)41-3)21-15-23-26(29(40)36-2)27(17-4-7-19(32)8-5-17)42-30(23)38-24(21)10-11-31(33,34)35/h4-9,14-16,20H,10-13H2,1-3H3,(H,36,40)(H,37,39). The average Bonchev–Trinajstić information content (AvgIpc) is 3.32. The molecular weight excluding hydrogens is 554 g/mol. The van der Waals surface area contributed by atoms with E-state index in [4.69, 9.17) is 9.15 Å². The van der Waals surface area contributed by atoms with Crippen LogP contribution in [0.2, 0.25) is 0 Å². The second-order valence-electron chi connectivity index (χ2n) is 10.5. The number of halogens is 4. The van der Waals surface area contributed by atoms with Crippen LogP contribution in [0, 0.1) is 11.7 Å². The summed E-state index contributed by atoms with van der Waals surface area (Å²) in [6.07, 6.45) is -4.35. The number of nitrogens with zero attached hydrogens (tertiary/aromatic N) is 1. The van der Waals surface area contributed by atoms with Gasteiger partial charge in [0.15, 0.2) is 0 Å². The van der Waals surface area contributed by atoms with E-state index in [1.54, 1.807) is 24.3 Å². The number of amides is 2. The van der Waals surface area contributed by atoms with Gasteiger partial charge in [-0.05, 0) is 73.2 Å². The average molecular weight is 584 g/mol. The first-order valence-corrected chi connectivity index (χ1v) is 13.5. The smallest absolute Gasteiger partial charge is 0.389 e. The summed E-state index contributed by atoms with van der Waals surface area (Å²) in [4.78, 5) is 30.7. The first-order chi connectivity index (χ1) is 20.0. The maximum absolute atomic E-state index is 13.6. The largest absolute Gasteiger partial charge is 0.496 e. The molecule has 0 aliphatic heterocycles. The monoisotopic (exact) mass is 583 g/mol. The molecule has 1 aliphatic carbocycles. The predicted octanol–water partition coefficient (Wildman–Crippen LogP) is 6.69. The minimum atomic E-state index is -4.45. The normalized spacial score (nSPS) is 16.6. The van der Waals surface area contributed by atoms with Gasteiger partial charge in [-0.1, -0.05) is 13.0 Å². The fraction of sp³-hybridized carbons (Fsp3) is 0.323. The third-order valence-electron chi connectivity index (χ3n) is 7.43. The van der Waals surface area contributed by atoms with E-state index in [1.165, 1.54) is 38.4 Å². The Morgan fingerprint density at radius 3 is 2.36 bits per heavy atom. The second-order valence-corrected chi connectivity index (χ2v) is 10.5. The van der Waals surface area contributed by atoms with Gasteiger partial charge in [0.05, 0.1) is 29.3 Å². The molecule has 0 spiro atoms. The molecule has 1 saturated carbocycles. The van der Waals surface area contributed by atoms with Crippen molar-refractivity contribution in [2.45, 2.75) is 44.8 Å². The van der Waals surface area contributed by atoms with Crippen LogP contribution in [0.1, 0.15) is 52.6 Å². The van der Waals surface area contributed by atoms with Gasteiger partial charge >= 0.3 is 6.18 Å². The zero-order chi connectivity index (χ0) is 30.2. The quantitative estimate of drug-likeness (QED) is 0.226. The fourth-order valence-corrected chi connectivity index (χ4v) is 5.25. The topological polar surface area (TPSA) is 93.5 Å². The minimum absolute atomic E-state index is 0.0344. The van der Waals surface area contributed by atoms with Gasteiger partial charge in [0, 0.05) is 30.6 Å². The lowest BCUT2D eigenvalue weighted by Gasteiger charge is -2.33. The number of carbonyl (C=O) groups excluding carboxylic acids is 2. The van der Waals surface area contributed by atoms with Crippen LogP contribution in [-0.4, -0.2) is 43.2 Å². The molecule has 0 atom stereocenters. The first kappa shape index (κ1) is 29.1. The van der Waals surface area contributed by atoms with Crippen LogP contribution in [0.3, 0.4) is 0 Å². The maximum atomic E-state index is 13.6. The fourth-order valence-electron chi connectivity index (χ4n) is 5.25. The van der Waals surface area contributed by atoms with Gasteiger partial charge in [0.25, 0.3) is 11.8 Å². The number of benzene rings is 2. The number of alkyl halides is 3. The summed E-state index contributed by atoms with van der Waals surface area (Å²) in [6.45, 7) is 2.10. The molecule has 0 bridgehead atoms. The van der Waals surface area contributed by atoms with E-state index in [0.717, 1.165) is 12.8 Å². The number of hydrogen-bond donors (Lipinski definition) is 2. The van der Waals surface area contributed by atoms with Crippen LogP contribution in [0.15, 0.2) is 52.9 Å². The minimum Gasteiger partial charge on any atom is -0.496 e. The molecule has 2 aromatic heterocycles. The van der Waals surface area contributed by atoms with Crippen LogP contribution in [0.25, 0.3) is 33.6 Å². The summed E-state index contributed by atoms with van der Waals surface area (Å²) < 4.78 is 64.9. The van der Waals surface area contributed by atoms with E-state index in [-0.39, 0.29) is 45.6 Å². The van der Waals surface area contributed by atoms with Crippen molar-refractivity contribution in [2.75, 3.05) is 14.2 Å². The van der Waals surface area contributed by atoms with Crippen LogP contribution in [0.5, 0.6) is 5.75 Å². The van der Waals surface area contributed by atoms with Crippen molar-refractivity contribution in [1.29, 1.82) is 0 Å². The van der Waals surface area contributed by atoms with Gasteiger partial charge in [-0.3, -0.25) is 9.59 Å². The lowest BCUT2D eigenvalue weighted by atomic mass is 9.82. The molecule has 2 aromatic carbocycles. The molecule has 42 heavy (non-hydrogen) atoms. The highest BCUT2D eigenvalue weighted by Crippen LogP contribution is 2.38. The Morgan fingerprint density at radius 2 is 1.74 bits per heavy atom. The Hall–Kier alpha value is -4.41. The SMILES string of the molecule is CNC(=O)c1c(-c2ccc(F)cc2)oc2nc(CCC(F)(F)F)c(-c3ccc(OC)c(C(=O)NC4CC(C)C4)c3)cc12. The zero-order valence-electron chi connectivity index (χ0n) is 23.2. The predicted molar refractivity (Wildman–Crippen MR) is 149 cm³/mol. The number of nitrogens with one attached hydrogen (secondary N) is 2. The van der Waals surface area contributed by atoms with Gasteiger partial charge in [-0.2, -0.15) is 13.2 Å². The van der Waals surface area contributed by atoms with Crippen LogP contribution in [-0.2, 0) is 6.42 Å². The molecule has 2 amide bonds. The van der Waals surface area contributed by atoms with Crippen molar-refractivity contribution >= 4 is 22.9 Å². The number of aryl methyl sites for hydroxylation is 1. The van der Waals surface area contributed by atoms with E-state index in [9.17, 15) is 27.2 Å². The third kappa shape index (κ3) is 5.95. The molecule has 1 fully saturated rings. The van der Waals surface area contributed by atoms with E-state index >= 15 is 0 Å². The number of hydrogen-bond acceptors (Lipinski definition) is 5. The molecule has 220 valence electrons. The summed E-state index contributed by atoms with van der Waals surface area (Å²) in [5, 5.41) is 5.79. The van der Waals surface area contributed by atoms with E-state index in [2.05, 4.69) is 22.5 Å². The first-order valence-electron chi connectivity index (χ1n) is 13.5. The number of aromatic nitrogens is 1. The highest BCUT2D eigenvalue weighted by Gasteiger charge is 2.31. The number of pyridine rings is 1. The highest BCUT2D eigenvalue weighted by molar-refractivity contribution is 6.11. The Labute approximate surface area is 239 Å². The lowest BCUT2D eigenvalue weighted by molar-refractivity contribution is -0.134. The molecule has 11 heteroatoms.